The summed E-state index contributed by atoms with van der Waals surface area (Å²) < 4.78 is 13.1. The average Bonchev–Trinajstić information content (AvgIpc) is 2.79. The minimum atomic E-state index is -0.262. The molecule has 0 aliphatic heterocycles. The number of nitrogens with one attached hydrogen (secondary N) is 1. The first-order chi connectivity index (χ1) is 5.75. The van der Waals surface area contributed by atoms with Crippen LogP contribution in [-0.4, -0.2) is 6.04 Å². The van der Waals surface area contributed by atoms with Crippen LogP contribution in [0.4, 0.5) is 15.8 Å². The van der Waals surface area contributed by atoms with Gasteiger partial charge < -0.3 is 11.1 Å². The van der Waals surface area contributed by atoms with E-state index >= 15 is 0 Å². The highest BCUT2D eigenvalue weighted by Gasteiger charge is 2.21. The first-order valence-electron chi connectivity index (χ1n) is 4.07. The summed E-state index contributed by atoms with van der Waals surface area (Å²) in [5.74, 6) is -0.262. The Hall–Kier alpha value is -1.25. The van der Waals surface area contributed by atoms with Gasteiger partial charge in [-0.2, -0.15) is 0 Å². The van der Waals surface area contributed by atoms with Crippen LogP contribution in [0.15, 0.2) is 18.2 Å². The first-order valence-corrected chi connectivity index (χ1v) is 4.07. The number of benzene rings is 1. The molecule has 1 fully saturated rings. The van der Waals surface area contributed by atoms with Gasteiger partial charge in [0.1, 0.15) is 5.82 Å². The van der Waals surface area contributed by atoms with Crippen molar-refractivity contribution in [2.45, 2.75) is 18.9 Å². The van der Waals surface area contributed by atoms with Crippen LogP contribution >= 0.6 is 0 Å². The van der Waals surface area contributed by atoms with Crippen LogP contribution in [0.3, 0.4) is 0 Å². The monoisotopic (exact) mass is 166 g/mol. The molecule has 0 unspecified atom stereocenters. The van der Waals surface area contributed by atoms with Crippen molar-refractivity contribution in [3.05, 3.63) is 24.0 Å². The minimum Gasteiger partial charge on any atom is -0.399 e. The Morgan fingerprint density at radius 1 is 1.42 bits per heavy atom. The molecule has 0 heterocycles. The van der Waals surface area contributed by atoms with E-state index in [9.17, 15) is 4.39 Å². The fourth-order valence-electron chi connectivity index (χ4n) is 1.10. The van der Waals surface area contributed by atoms with Crippen LogP contribution in [0.25, 0.3) is 0 Å². The van der Waals surface area contributed by atoms with Crippen LogP contribution < -0.4 is 11.1 Å². The van der Waals surface area contributed by atoms with Gasteiger partial charge in [0.2, 0.25) is 0 Å². The van der Waals surface area contributed by atoms with E-state index in [1.165, 1.54) is 6.07 Å². The summed E-state index contributed by atoms with van der Waals surface area (Å²) in [6.07, 6.45) is 2.29. The average molecular weight is 166 g/mol. The zero-order valence-corrected chi connectivity index (χ0v) is 6.68. The molecule has 0 radical (unpaired) electrons. The maximum Gasteiger partial charge on any atom is 0.148 e. The molecule has 1 saturated carbocycles. The maximum atomic E-state index is 13.1. The molecule has 0 atom stereocenters. The number of hydrogen-bond donors (Lipinski definition) is 2. The van der Waals surface area contributed by atoms with Crippen molar-refractivity contribution in [2.75, 3.05) is 11.1 Å². The quantitative estimate of drug-likeness (QED) is 0.659. The Morgan fingerprint density at radius 3 is 2.75 bits per heavy atom. The van der Waals surface area contributed by atoms with Gasteiger partial charge in [0.05, 0.1) is 5.69 Å². The Kier molecular flexibility index (Phi) is 1.64. The van der Waals surface area contributed by atoms with E-state index in [0.717, 1.165) is 12.8 Å². The summed E-state index contributed by atoms with van der Waals surface area (Å²) in [5.41, 5.74) is 6.43. The van der Waals surface area contributed by atoms with E-state index in [0.29, 0.717) is 17.4 Å². The smallest absolute Gasteiger partial charge is 0.148 e. The zero-order valence-electron chi connectivity index (χ0n) is 6.68. The van der Waals surface area contributed by atoms with Crippen LogP contribution in [0.1, 0.15) is 12.8 Å². The highest BCUT2D eigenvalue weighted by Crippen LogP contribution is 2.26. The summed E-state index contributed by atoms with van der Waals surface area (Å²) in [4.78, 5) is 0. The molecular weight excluding hydrogens is 155 g/mol. The summed E-state index contributed by atoms with van der Waals surface area (Å²) in [6, 6.07) is 5.20. The molecule has 12 heavy (non-hydrogen) atoms. The fraction of sp³-hybridized carbons (Fsp3) is 0.333. The Labute approximate surface area is 70.6 Å². The predicted octanol–water partition coefficient (Wildman–Crippen LogP) is 1.98. The lowest BCUT2D eigenvalue weighted by molar-refractivity contribution is 0.630. The fourth-order valence-corrected chi connectivity index (χ4v) is 1.10. The van der Waals surface area contributed by atoms with E-state index in [1.807, 2.05) is 0 Å². The van der Waals surface area contributed by atoms with E-state index in [-0.39, 0.29) is 5.82 Å². The van der Waals surface area contributed by atoms with E-state index in [1.54, 1.807) is 12.1 Å². The van der Waals surface area contributed by atoms with Crippen molar-refractivity contribution in [1.82, 2.24) is 0 Å². The third kappa shape index (κ3) is 1.49. The van der Waals surface area contributed by atoms with Crippen LogP contribution in [0.5, 0.6) is 0 Å². The first kappa shape index (κ1) is 7.40. The van der Waals surface area contributed by atoms with Gasteiger partial charge in [-0.3, -0.25) is 0 Å². The SMILES string of the molecule is Nc1ccc(NC2CC2)c(F)c1. The lowest BCUT2D eigenvalue weighted by Gasteiger charge is -2.05. The van der Waals surface area contributed by atoms with Crippen molar-refractivity contribution in [2.24, 2.45) is 0 Å². The molecule has 1 aliphatic carbocycles. The Balaban J connectivity index is 2.18. The molecule has 3 heteroatoms. The van der Waals surface area contributed by atoms with Gasteiger partial charge in [-0.1, -0.05) is 0 Å². The van der Waals surface area contributed by atoms with Crippen molar-refractivity contribution >= 4 is 11.4 Å². The molecule has 64 valence electrons. The number of hydrogen-bond acceptors (Lipinski definition) is 2. The lowest BCUT2D eigenvalue weighted by Crippen LogP contribution is -2.03. The molecule has 1 aromatic carbocycles. The van der Waals surface area contributed by atoms with E-state index in [2.05, 4.69) is 5.32 Å². The molecule has 0 spiro atoms. The van der Waals surface area contributed by atoms with E-state index < -0.39 is 0 Å². The van der Waals surface area contributed by atoms with Crippen molar-refractivity contribution < 1.29 is 4.39 Å². The number of halogens is 1. The van der Waals surface area contributed by atoms with Crippen LogP contribution in [-0.2, 0) is 0 Å². The molecule has 0 saturated heterocycles. The third-order valence-corrected chi connectivity index (χ3v) is 1.93. The molecule has 0 amide bonds. The van der Waals surface area contributed by atoms with Gasteiger partial charge in [0, 0.05) is 11.7 Å². The summed E-state index contributed by atoms with van der Waals surface area (Å²) in [7, 11) is 0. The number of nitrogens with two attached hydrogens (primary N) is 1. The molecule has 2 nitrogen and oxygen atoms in total. The molecular formula is C9H11FN2. The van der Waals surface area contributed by atoms with Crippen molar-refractivity contribution in [1.29, 1.82) is 0 Å². The Bertz CT molecular complexity index is 295. The van der Waals surface area contributed by atoms with Gasteiger partial charge in [0.15, 0.2) is 0 Å². The molecule has 2 rings (SSSR count). The van der Waals surface area contributed by atoms with Crippen LogP contribution in [0, 0.1) is 5.82 Å². The second-order valence-electron chi connectivity index (χ2n) is 3.16. The molecule has 0 bridgehead atoms. The summed E-state index contributed by atoms with van der Waals surface area (Å²) >= 11 is 0. The lowest BCUT2D eigenvalue weighted by atomic mass is 10.2. The number of nitrogen functional groups attached to an aromatic ring is 1. The third-order valence-electron chi connectivity index (χ3n) is 1.93. The normalized spacial score (nSPS) is 16.1. The predicted molar refractivity (Wildman–Crippen MR) is 47.5 cm³/mol. The highest BCUT2D eigenvalue weighted by atomic mass is 19.1. The second kappa shape index (κ2) is 2.66. The topological polar surface area (TPSA) is 38.0 Å². The standard InChI is InChI=1S/C9H11FN2/c10-8-5-6(11)1-4-9(8)12-7-2-3-7/h1,4-5,7,12H,2-3,11H2. The van der Waals surface area contributed by atoms with Gasteiger partial charge in [-0.25, -0.2) is 4.39 Å². The zero-order chi connectivity index (χ0) is 8.55. The van der Waals surface area contributed by atoms with Gasteiger partial charge in [-0.15, -0.1) is 0 Å². The number of rotatable bonds is 2. The molecule has 1 aliphatic rings. The number of anilines is 2. The minimum absolute atomic E-state index is 0.262. The maximum absolute atomic E-state index is 13.1. The van der Waals surface area contributed by atoms with Gasteiger partial charge >= 0.3 is 0 Å². The van der Waals surface area contributed by atoms with Gasteiger partial charge in [-0.05, 0) is 31.0 Å². The summed E-state index contributed by atoms with van der Waals surface area (Å²) in [6.45, 7) is 0. The van der Waals surface area contributed by atoms with Crippen molar-refractivity contribution in [3.8, 4) is 0 Å². The molecule has 0 aromatic heterocycles. The summed E-state index contributed by atoms with van der Waals surface area (Å²) in [5, 5.41) is 3.08. The van der Waals surface area contributed by atoms with Crippen LogP contribution in [0.2, 0.25) is 0 Å². The second-order valence-corrected chi connectivity index (χ2v) is 3.16. The highest BCUT2D eigenvalue weighted by molar-refractivity contribution is 5.53. The molecule has 1 aromatic rings. The largest absolute Gasteiger partial charge is 0.399 e. The van der Waals surface area contributed by atoms with E-state index in [4.69, 9.17) is 5.73 Å². The van der Waals surface area contributed by atoms with Gasteiger partial charge in [0.25, 0.3) is 0 Å². The molecule has 3 N–H and O–H groups in total. The Morgan fingerprint density at radius 2 is 2.17 bits per heavy atom. The van der Waals surface area contributed by atoms with Crippen molar-refractivity contribution in [3.63, 3.8) is 0 Å².